The number of imidazole rings is 2. The molecule has 0 aliphatic rings. The monoisotopic (exact) mass is 147 g/mol. The summed E-state index contributed by atoms with van der Waals surface area (Å²) in [7, 11) is -0.319. The fourth-order valence-electron chi connectivity index (χ4n) is 1.15. The van der Waals surface area contributed by atoms with Crippen LogP contribution in [0.4, 0.5) is 0 Å². The van der Waals surface area contributed by atoms with Gasteiger partial charge in [-0.1, -0.05) is 0 Å². The Kier molecular flexibility index (Phi) is 1.48. The van der Waals surface area contributed by atoms with Crippen LogP contribution in [0.25, 0.3) is 0 Å². The molecular weight excluding hydrogens is 139 g/mol. The van der Waals surface area contributed by atoms with E-state index in [0.717, 1.165) is 0 Å². The third-order valence-electron chi connectivity index (χ3n) is 1.74. The van der Waals surface area contributed by atoms with Gasteiger partial charge in [0.1, 0.15) is 0 Å². The number of hydrogen-bond acceptors (Lipinski definition) is 2. The van der Waals surface area contributed by atoms with Crippen molar-refractivity contribution in [2.45, 2.75) is 0 Å². The fraction of sp³-hybridized carbons (Fsp3) is 0. The molecule has 0 spiro atoms. The van der Waals surface area contributed by atoms with Gasteiger partial charge in [0.2, 0.25) is 0 Å². The van der Waals surface area contributed by atoms with Crippen molar-refractivity contribution in [2.75, 3.05) is 0 Å². The molecule has 2 aromatic heterocycles. The molecule has 0 atom stereocenters. The number of hydrogen-bond donors (Lipinski definition) is 0. The maximum atomic E-state index is 3.96. The highest BCUT2D eigenvalue weighted by Gasteiger charge is 1.83. The first-order valence-corrected chi connectivity index (χ1v) is 3.63. The van der Waals surface area contributed by atoms with Crippen molar-refractivity contribution in [3.63, 3.8) is 0 Å². The summed E-state index contributed by atoms with van der Waals surface area (Å²) in [5.41, 5.74) is 0. The van der Waals surface area contributed by atoms with Gasteiger partial charge in [0.15, 0.2) is 7.55 Å². The lowest BCUT2D eigenvalue weighted by molar-refractivity contribution is 1.08. The Morgan fingerprint density at radius 2 is 1.45 bits per heavy atom. The quantitative estimate of drug-likeness (QED) is 0.535. The molecule has 0 aliphatic heterocycles. The summed E-state index contributed by atoms with van der Waals surface area (Å²) < 4.78 is 4.20. The molecule has 0 unspecified atom stereocenters. The molecule has 2 heterocycles. The molecule has 0 N–H and O–H groups in total. The molecule has 0 aliphatic carbocycles. The van der Waals surface area contributed by atoms with Crippen molar-refractivity contribution >= 4 is 7.55 Å². The average molecular weight is 147 g/mol. The van der Waals surface area contributed by atoms with E-state index in [1.54, 1.807) is 12.4 Å². The van der Waals surface area contributed by atoms with E-state index in [-0.39, 0.29) is 7.55 Å². The van der Waals surface area contributed by atoms with Gasteiger partial charge < -0.3 is 8.96 Å². The van der Waals surface area contributed by atoms with E-state index in [4.69, 9.17) is 0 Å². The van der Waals surface area contributed by atoms with E-state index in [9.17, 15) is 0 Å². The van der Waals surface area contributed by atoms with Crippen LogP contribution in [-0.2, 0) is 0 Å². The Bertz CT molecular complexity index is 267. The topological polar surface area (TPSA) is 35.6 Å². The van der Waals surface area contributed by atoms with Crippen LogP contribution in [0.15, 0.2) is 37.4 Å². The zero-order valence-electron chi connectivity index (χ0n) is 6.25. The predicted molar refractivity (Wildman–Crippen MR) is 43.8 cm³/mol. The molecule has 5 heteroatoms. The summed E-state index contributed by atoms with van der Waals surface area (Å²) in [6.07, 6.45) is 11.2. The first-order valence-electron chi connectivity index (χ1n) is 3.63. The maximum Gasteiger partial charge on any atom is 0.161 e. The van der Waals surface area contributed by atoms with E-state index in [1.807, 2.05) is 25.0 Å². The Balaban J connectivity index is 2.14. The lowest BCUT2D eigenvalue weighted by Crippen LogP contribution is -2.12. The minimum Gasteiger partial charge on any atom is -0.499 e. The van der Waals surface area contributed by atoms with E-state index in [1.165, 1.54) is 0 Å². The number of nitrogens with zero attached hydrogens (tertiary/aromatic N) is 4. The fourth-order valence-corrected chi connectivity index (χ4v) is 1.15. The lowest BCUT2D eigenvalue weighted by atomic mass is 10.2. The van der Waals surface area contributed by atoms with Crippen LogP contribution in [0.2, 0.25) is 0 Å². The van der Waals surface area contributed by atoms with Crippen LogP contribution in [0.5, 0.6) is 0 Å². The van der Waals surface area contributed by atoms with Crippen molar-refractivity contribution in [2.24, 2.45) is 0 Å². The van der Waals surface area contributed by atoms with Gasteiger partial charge >= 0.3 is 0 Å². The van der Waals surface area contributed by atoms with Gasteiger partial charge in [-0.3, -0.25) is 0 Å². The van der Waals surface area contributed by atoms with Gasteiger partial charge in [-0.15, -0.1) is 0 Å². The minimum absolute atomic E-state index is 0.319. The van der Waals surface area contributed by atoms with Crippen LogP contribution in [0, 0.1) is 0 Å². The van der Waals surface area contributed by atoms with Gasteiger partial charge in [0.05, 0.1) is 12.7 Å². The highest BCUT2D eigenvalue weighted by Crippen LogP contribution is 1.84. The van der Waals surface area contributed by atoms with Crippen molar-refractivity contribution in [3.8, 4) is 0 Å². The molecule has 0 saturated heterocycles. The van der Waals surface area contributed by atoms with E-state index in [0.29, 0.717) is 0 Å². The first-order chi connectivity index (χ1) is 5.45. The predicted octanol–water partition coefficient (Wildman–Crippen LogP) is -0.525. The summed E-state index contributed by atoms with van der Waals surface area (Å²) in [6.45, 7) is 0. The zero-order chi connectivity index (χ0) is 7.52. The Hall–Kier alpha value is -1.52. The molecule has 0 aromatic carbocycles. The molecular formula is C6H8BN4-. The molecule has 0 bridgehead atoms. The summed E-state index contributed by atoms with van der Waals surface area (Å²) in [5, 5.41) is 0. The molecule has 0 amide bonds. The molecule has 11 heavy (non-hydrogen) atoms. The summed E-state index contributed by atoms with van der Waals surface area (Å²) in [4.78, 5) is 7.93. The third kappa shape index (κ3) is 1.31. The second kappa shape index (κ2) is 2.61. The molecule has 0 fully saturated rings. The standard InChI is InChI=1S/C6H8BN4/c1-3-10(5-8-1)7-11-4-2-9-6-11/h1-6H,7H2/q-1. The summed E-state index contributed by atoms with van der Waals surface area (Å²) in [6, 6.07) is 0. The maximum absolute atomic E-state index is 3.96. The van der Waals surface area contributed by atoms with Crippen LogP contribution in [-0.4, -0.2) is 26.5 Å². The molecule has 4 nitrogen and oxygen atoms in total. The Morgan fingerprint density at radius 3 is 1.82 bits per heavy atom. The van der Waals surface area contributed by atoms with Crippen molar-refractivity contribution in [3.05, 3.63) is 37.4 Å². The van der Waals surface area contributed by atoms with E-state index in [2.05, 4.69) is 18.9 Å². The second-order valence-corrected chi connectivity index (χ2v) is 2.66. The first kappa shape index (κ1) is 6.21. The van der Waals surface area contributed by atoms with Gasteiger partial charge in [0, 0.05) is 12.4 Å². The second-order valence-electron chi connectivity index (χ2n) is 2.66. The molecule has 0 radical (unpaired) electrons. The van der Waals surface area contributed by atoms with Crippen LogP contribution in [0.3, 0.4) is 0 Å². The number of aromatic nitrogens is 4. The largest absolute Gasteiger partial charge is 0.499 e. The SMILES string of the molecule is [BH2-](n1ccnc1)n1ccnc1. The van der Waals surface area contributed by atoms with Crippen LogP contribution < -0.4 is 0 Å². The Labute approximate surface area is 64.8 Å². The number of rotatable bonds is 2. The summed E-state index contributed by atoms with van der Waals surface area (Å²) >= 11 is 0. The normalized spacial score (nSPS) is 10.2. The van der Waals surface area contributed by atoms with Gasteiger partial charge in [-0.2, -0.15) is 0 Å². The zero-order valence-corrected chi connectivity index (χ0v) is 6.25. The van der Waals surface area contributed by atoms with Gasteiger partial charge in [-0.05, 0) is 12.4 Å². The van der Waals surface area contributed by atoms with Crippen molar-refractivity contribution < 1.29 is 0 Å². The minimum atomic E-state index is -0.319. The van der Waals surface area contributed by atoms with Gasteiger partial charge in [0.25, 0.3) is 0 Å². The molecule has 56 valence electrons. The average Bonchev–Trinajstić information content (AvgIpc) is 2.60. The Morgan fingerprint density at radius 1 is 0.909 bits per heavy atom. The summed E-state index contributed by atoms with van der Waals surface area (Å²) in [5.74, 6) is 0. The lowest BCUT2D eigenvalue weighted by Gasteiger charge is -2.09. The smallest absolute Gasteiger partial charge is 0.161 e. The highest BCUT2D eigenvalue weighted by molar-refractivity contribution is 6.31. The van der Waals surface area contributed by atoms with Gasteiger partial charge in [-0.25, -0.2) is 9.97 Å². The molecule has 2 rings (SSSR count). The van der Waals surface area contributed by atoms with Crippen molar-refractivity contribution in [1.82, 2.24) is 18.9 Å². The van der Waals surface area contributed by atoms with Crippen molar-refractivity contribution in [1.29, 1.82) is 0 Å². The molecule has 2 aromatic rings. The van der Waals surface area contributed by atoms with Crippen LogP contribution in [0.1, 0.15) is 0 Å². The highest BCUT2D eigenvalue weighted by atomic mass is 15.1. The van der Waals surface area contributed by atoms with E-state index < -0.39 is 0 Å². The van der Waals surface area contributed by atoms with Crippen LogP contribution >= 0.6 is 0 Å². The van der Waals surface area contributed by atoms with E-state index >= 15 is 0 Å². The third-order valence-corrected chi connectivity index (χ3v) is 1.74. The molecule has 0 saturated carbocycles.